The summed E-state index contributed by atoms with van der Waals surface area (Å²) in [7, 11) is -0.540. The molecule has 0 atom stereocenters. The number of hydrogen-bond acceptors (Lipinski definition) is 4. The standard InChI is InChI=1S/C13H21BrN2O3S.ClH/c1-13(2,8-15)9-16(3)20(17,18)12-7-10(19-4)5-6-11(12)14;/h5-7H,8-9,15H2,1-4H3;1H. The van der Waals surface area contributed by atoms with Crippen molar-refractivity contribution in [1.29, 1.82) is 0 Å². The van der Waals surface area contributed by atoms with Crippen molar-refractivity contribution in [2.45, 2.75) is 18.7 Å². The van der Waals surface area contributed by atoms with Gasteiger partial charge in [0.2, 0.25) is 10.0 Å². The van der Waals surface area contributed by atoms with Crippen LogP contribution in [0.3, 0.4) is 0 Å². The SMILES string of the molecule is COc1ccc(Br)c(S(=O)(=O)N(C)CC(C)(C)CN)c1.Cl. The first-order valence-corrected chi connectivity index (χ1v) is 8.37. The molecular weight excluding hydrogens is 380 g/mol. The topological polar surface area (TPSA) is 72.6 Å². The maximum absolute atomic E-state index is 12.6. The Bertz CT molecular complexity index is 579. The van der Waals surface area contributed by atoms with E-state index >= 15 is 0 Å². The summed E-state index contributed by atoms with van der Waals surface area (Å²) >= 11 is 3.27. The van der Waals surface area contributed by atoms with E-state index in [-0.39, 0.29) is 22.7 Å². The van der Waals surface area contributed by atoms with Crippen molar-refractivity contribution < 1.29 is 13.2 Å². The molecule has 21 heavy (non-hydrogen) atoms. The smallest absolute Gasteiger partial charge is 0.244 e. The van der Waals surface area contributed by atoms with Crippen molar-refractivity contribution in [2.75, 3.05) is 27.2 Å². The summed E-state index contributed by atoms with van der Waals surface area (Å²) < 4.78 is 32.1. The first-order chi connectivity index (χ1) is 9.14. The van der Waals surface area contributed by atoms with Crippen LogP contribution in [-0.4, -0.2) is 40.0 Å². The Balaban J connectivity index is 0.00000400. The molecule has 0 fully saturated rings. The van der Waals surface area contributed by atoms with Crippen LogP contribution in [0.1, 0.15) is 13.8 Å². The number of nitrogens with two attached hydrogens (primary N) is 1. The van der Waals surface area contributed by atoms with Crippen LogP contribution in [-0.2, 0) is 10.0 Å². The molecule has 0 unspecified atom stereocenters. The first-order valence-electron chi connectivity index (χ1n) is 6.14. The van der Waals surface area contributed by atoms with Gasteiger partial charge in [-0.2, -0.15) is 0 Å². The largest absolute Gasteiger partial charge is 0.497 e. The second-order valence-corrected chi connectivity index (χ2v) is 8.29. The maximum Gasteiger partial charge on any atom is 0.244 e. The number of rotatable bonds is 6. The van der Waals surface area contributed by atoms with Crippen molar-refractivity contribution in [3.63, 3.8) is 0 Å². The van der Waals surface area contributed by atoms with E-state index in [0.717, 1.165) is 0 Å². The lowest BCUT2D eigenvalue weighted by Gasteiger charge is -2.28. The van der Waals surface area contributed by atoms with Gasteiger partial charge in [-0.05, 0) is 40.0 Å². The molecule has 0 radical (unpaired) electrons. The zero-order valence-corrected chi connectivity index (χ0v) is 15.8. The minimum absolute atomic E-state index is 0. The second kappa shape index (κ2) is 7.78. The lowest BCUT2D eigenvalue weighted by molar-refractivity contribution is 0.291. The number of halogens is 2. The molecule has 122 valence electrons. The van der Waals surface area contributed by atoms with E-state index < -0.39 is 10.0 Å². The average molecular weight is 402 g/mol. The van der Waals surface area contributed by atoms with E-state index in [1.165, 1.54) is 17.5 Å². The minimum Gasteiger partial charge on any atom is -0.497 e. The molecule has 5 nitrogen and oxygen atoms in total. The average Bonchev–Trinajstić information content (AvgIpc) is 2.38. The third kappa shape index (κ3) is 5.10. The lowest BCUT2D eigenvalue weighted by atomic mass is 9.94. The Hall–Kier alpha value is -0.340. The summed E-state index contributed by atoms with van der Waals surface area (Å²) in [4.78, 5) is 0.187. The van der Waals surface area contributed by atoms with Gasteiger partial charge in [0.05, 0.1) is 7.11 Å². The van der Waals surface area contributed by atoms with Crippen LogP contribution in [0.15, 0.2) is 27.6 Å². The Morgan fingerprint density at radius 1 is 1.38 bits per heavy atom. The molecule has 0 aliphatic carbocycles. The fourth-order valence-electron chi connectivity index (χ4n) is 1.73. The summed E-state index contributed by atoms with van der Waals surface area (Å²) in [5.74, 6) is 0.498. The molecule has 2 N–H and O–H groups in total. The van der Waals surface area contributed by atoms with E-state index in [4.69, 9.17) is 10.5 Å². The van der Waals surface area contributed by atoms with E-state index in [9.17, 15) is 8.42 Å². The molecule has 1 rings (SSSR count). The fourth-order valence-corrected chi connectivity index (χ4v) is 4.02. The molecule has 0 saturated carbocycles. The Labute approximate surface area is 141 Å². The van der Waals surface area contributed by atoms with Crippen LogP contribution in [0.4, 0.5) is 0 Å². The molecule has 0 heterocycles. The summed E-state index contributed by atoms with van der Waals surface area (Å²) in [6, 6.07) is 4.87. The molecule has 0 spiro atoms. The fraction of sp³-hybridized carbons (Fsp3) is 0.538. The quantitative estimate of drug-likeness (QED) is 0.795. The van der Waals surface area contributed by atoms with Crippen molar-refractivity contribution in [2.24, 2.45) is 11.1 Å². The molecule has 0 saturated heterocycles. The van der Waals surface area contributed by atoms with Crippen molar-refractivity contribution in [3.05, 3.63) is 22.7 Å². The Morgan fingerprint density at radius 2 is 1.95 bits per heavy atom. The summed E-state index contributed by atoms with van der Waals surface area (Å²) in [5.41, 5.74) is 5.38. The van der Waals surface area contributed by atoms with Gasteiger partial charge in [-0.1, -0.05) is 13.8 Å². The third-order valence-electron chi connectivity index (χ3n) is 3.03. The summed E-state index contributed by atoms with van der Waals surface area (Å²) in [5, 5.41) is 0. The maximum atomic E-state index is 12.6. The normalized spacial score (nSPS) is 12.1. The van der Waals surface area contributed by atoms with Crippen LogP contribution in [0.25, 0.3) is 0 Å². The van der Waals surface area contributed by atoms with Gasteiger partial charge in [-0.25, -0.2) is 12.7 Å². The van der Waals surface area contributed by atoms with Gasteiger partial charge < -0.3 is 10.5 Å². The monoisotopic (exact) mass is 400 g/mol. The number of sulfonamides is 1. The van der Waals surface area contributed by atoms with Gasteiger partial charge in [-0.3, -0.25) is 0 Å². The van der Waals surface area contributed by atoms with Crippen LogP contribution < -0.4 is 10.5 Å². The minimum atomic E-state index is -3.59. The van der Waals surface area contributed by atoms with Gasteiger partial charge in [0.25, 0.3) is 0 Å². The highest BCUT2D eigenvalue weighted by Gasteiger charge is 2.28. The Kier molecular flexibility index (Phi) is 7.66. The molecule has 0 amide bonds. The van der Waals surface area contributed by atoms with Gasteiger partial charge in [0, 0.05) is 24.1 Å². The Morgan fingerprint density at radius 3 is 2.43 bits per heavy atom. The van der Waals surface area contributed by atoms with Gasteiger partial charge in [-0.15, -0.1) is 12.4 Å². The van der Waals surface area contributed by atoms with E-state index in [1.807, 2.05) is 13.8 Å². The zero-order chi connectivity index (χ0) is 15.6. The number of methoxy groups -OCH3 is 1. The molecule has 0 aliphatic heterocycles. The highest BCUT2D eigenvalue weighted by atomic mass is 79.9. The highest BCUT2D eigenvalue weighted by molar-refractivity contribution is 9.10. The molecule has 8 heteroatoms. The van der Waals surface area contributed by atoms with Crippen molar-refractivity contribution in [3.8, 4) is 5.75 Å². The highest BCUT2D eigenvalue weighted by Crippen LogP contribution is 2.29. The van der Waals surface area contributed by atoms with Crippen LogP contribution in [0.5, 0.6) is 5.75 Å². The molecule has 0 bridgehead atoms. The predicted molar refractivity (Wildman–Crippen MR) is 90.6 cm³/mol. The van der Waals surface area contributed by atoms with Gasteiger partial charge in [0.15, 0.2) is 0 Å². The van der Waals surface area contributed by atoms with E-state index in [2.05, 4.69) is 15.9 Å². The van der Waals surface area contributed by atoms with Crippen LogP contribution in [0.2, 0.25) is 0 Å². The van der Waals surface area contributed by atoms with Crippen LogP contribution >= 0.6 is 28.3 Å². The number of nitrogens with zero attached hydrogens (tertiary/aromatic N) is 1. The summed E-state index contributed by atoms with van der Waals surface area (Å²) in [6.07, 6.45) is 0. The lowest BCUT2D eigenvalue weighted by Crippen LogP contribution is -2.39. The third-order valence-corrected chi connectivity index (χ3v) is 5.83. The molecule has 1 aromatic rings. The van der Waals surface area contributed by atoms with Gasteiger partial charge in [0.1, 0.15) is 10.6 Å². The molecule has 1 aromatic carbocycles. The zero-order valence-electron chi connectivity index (χ0n) is 12.6. The summed E-state index contributed by atoms with van der Waals surface area (Å²) in [6.45, 7) is 4.61. The number of hydrogen-bond donors (Lipinski definition) is 1. The first kappa shape index (κ1) is 20.7. The number of ether oxygens (including phenoxy) is 1. The van der Waals surface area contributed by atoms with Gasteiger partial charge >= 0.3 is 0 Å². The number of benzene rings is 1. The van der Waals surface area contributed by atoms with Crippen molar-refractivity contribution >= 4 is 38.4 Å². The molecule has 0 aliphatic rings. The van der Waals surface area contributed by atoms with E-state index in [1.54, 1.807) is 19.2 Å². The molecule has 0 aromatic heterocycles. The second-order valence-electron chi connectivity index (χ2n) is 5.43. The van der Waals surface area contributed by atoms with E-state index in [0.29, 0.717) is 23.3 Å². The van der Waals surface area contributed by atoms with Crippen LogP contribution in [0, 0.1) is 5.41 Å². The van der Waals surface area contributed by atoms with Crippen molar-refractivity contribution in [1.82, 2.24) is 4.31 Å². The predicted octanol–water partition coefficient (Wildman–Crippen LogP) is 2.48. The molecular formula is C13H22BrClN2O3S.